The van der Waals surface area contributed by atoms with Crippen molar-refractivity contribution in [1.82, 2.24) is 19.9 Å². The van der Waals surface area contributed by atoms with Gasteiger partial charge in [0, 0.05) is 41.4 Å². The Morgan fingerprint density at radius 3 is 2.62 bits per heavy atom. The standard InChI is InChI=1S/C33H33N5O2/c1-20(21-8-9-21)29-16-25-19-35-33(36-26-12-10-22(11-13-26)24-6-4-14-34-18-24)37-31(25)38(32(29)40)27-15-23-5-2-3-7-28(23)30(39)17-27/h2-3,5,7,10-13,16,19,21,24,27,34H,1,4,6,8-9,14-15,17-18H2,(H,35,36,37). The number of benzene rings is 2. The van der Waals surface area contributed by atoms with Crippen LogP contribution in [0.1, 0.15) is 71.1 Å². The Labute approximate surface area is 233 Å². The molecule has 7 heteroatoms. The molecule has 40 heavy (non-hydrogen) atoms. The van der Waals surface area contributed by atoms with Crippen LogP contribution in [0.4, 0.5) is 11.6 Å². The minimum absolute atomic E-state index is 0.0546. The van der Waals surface area contributed by atoms with E-state index < -0.39 is 0 Å². The van der Waals surface area contributed by atoms with Gasteiger partial charge in [0.2, 0.25) is 5.95 Å². The molecule has 2 unspecified atom stereocenters. The number of fused-ring (bicyclic) bond motifs is 2. The van der Waals surface area contributed by atoms with Gasteiger partial charge in [-0.15, -0.1) is 0 Å². The number of nitrogens with zero attached hydrogens (tertiary/aromatic N) is 3. The molecule has 2 N–H and O–H groups in total. The maximum Gasteiger partial charge on any atom is 0.260 e. The average molecular weight is 532 g/mol. The third-order valence-electron chi connectivity index (χ3n) is 8.68. The molecule has 3 aliphatic rings. The molecule has 1 saturated heterocycles. The zero-order chi connectivity index (χ0) is 27.2. The van der Waals surface area contributed by atoms with Gasteiger partial charge in [-0.3, -0.25) is 14.2 Å². The fourth-order valence-corrected chi connectivity index (χ4v) is 6.31. The predicted molar refractivity (Wildman–Crippen MR) is 158 cm³/mol. The van der Waals surface area contributed by atoms with Crippen LogP contribution in [0, 0.1) is 5.92 Å². The van der Waals surface area contributed by atoms with Gasteiger partial charge in [0.05, 0.1) is 6.04 Å². The Morgan fingerprint density at radius 2 is 1.85 bits per heavy atom. The monoisotopic (exact) mass is 531 g/mol. The third kappa shape index (κ3) is 4.64. The highest BCUT2D eigenvalue weighted by atomic mass is 16.1. The van der Waals surface area contributed by atoms with Crippen LogP contribution in [-0.2, 0) is 6.42 Å². The summed E-state index contributed by atoms with van der Waals surface area (Å²) in [5.41, 5.74) is 5.83. The van der Waals surface area contributed by atoms with Gasteiger partial charge in [0.1, 0.15) is 5.65 Å². The van der Waals surface area contributed by atoms with Crippen LogP contribution in [0.25, 0.3) is 16.6 Å². The van der Waals surface area contributed by atoms with Crippen molar-refractivity contribution in [3.63, 3.8) is 0 Å². The number of piperidine rings is 1. The molecule has 0 radical (unpaired) electrons. The summed E-state index contributed by atoms with van der Waals surface area (Å²) in [7, 11) is 0. The van der Waals surface area contributed by atoms with Crippen molar-refractivity contribution in [2.24, 2.45) is 5.92 Å². The summed E-state index contributed by atoms with van der Waals surface area (Å²) < 4.78 is 1.73. The fourth-order valence-electron chi connectivity index (χ4n) is 6.31. The van der Waals surface area contributed by atoms with Crippen molar-refractivity contribution >= 4 is 34.0 Å². The molecule has 7 nitrogen and oxygen atoms in total. The Balaban J connectivity index is 1.26. The SMILES string of the molecule is C=C(c1cc2cnc(Nc3ccc(C4CCCNC4)cc3)nc2n(C2CC(=O)c3ccccc3C2)c1=O)C1CC1. The Bertz CT molecular complexity index is 1680. The summed E-state index contributed by atoms with van der Waals surface area (Å²) in [6, 6.07) is 17.7. The number of hydrogen-bond acceptors (Lipinski definition) is 6. The van der Waals surface area contributed by atoms with Crippen LogP contribution in [0.5, 0.6) is 0 Å². The van der Waals surface area contributed by atoms with Crippen molar-refractivity contribution in [1.29, 1.82) is 0 Å². The molecule has 0 bridgehead atoms. The number of rotatable bonds is 6. The molecule has 0 spiro atoms. The largest absolute Gasteiger partial charge is 0.324 e. The van der Waals surface area contributed by atoms with Crippen molar-refractivity contribution in [2.45, 2.75) is 50.5 Å². The van der Waals surface area contributed by atoms with Gasteiger partial charge >= 0.3 is 0 Å². The van der Waals surface area contributed by atoms with Crippen LogP contribution >= 0.6 is 0 Å². The second-order valence-electron chi connectivity index (χ2n) is 11.4. The van der Waals surface area contributed by atoms with Crippen LogP contribution < -0.4 is 16.2 Å². The molecule has 2 aromatic heterocycles. The molecule has 2 aromatic carbocycles. The first kappa shape index (κ1) is 24.9. The molecule has 4 aromatic rings. The molecule has 2 atom stereocenters. The van der Waals surface area contributed by atoms with Gasteiger partial charge in [0.25, 0.3) is 5.56 Å². The van der Waals surface area contributed by atoms with Gasteiger partial charge in [-0.1, -0.05) is 43.0 Å². The Morgan fingerprint density at radius 1 is 1.02 bits per heavy atom. The smallest absolute Gasteiger partial charge is 0.260 e. The Hall–Kier alpha value is -4.10. The molecule has 3 heterocycles. The maximum absolute atomic E-state index is 14.0. The molecular formula is C33H33N5O2. The van der Waals surface area contributed by atoms with Crippen LogP contribution in [0.15, 0.2) is 72.2 Å². The lowest BCUT2D eigenvalue weighted by Gasteiger charge is -2.27. The van der Waals surface area contributed by atoms with E-state index in [1.807, 2.05) is 30.3 Å². The van der Waals surface area contributed by atoms with E-state index >= 15 is 0 Å². The van der Waals surface area contributed by atoms with Crippen molar-refractivity contribution in [3.05, 3.63) is 100.0 Å². The molecule has 7 rings (SSSR count). The topological polar surface area (TPSA) is 88.9 Å². The molecule has 1 saturated carbocycles. The van der Waals surface area contributed by atoms with E-state index in [1.54, 1.807) is 10.8 Å². The predicted octanol–water partition coefficient (Wildman–Crippen LogP) is 5.80. The van der Waals surface area contributed by atoms with Crippen LogP contribution in [-0.4, -0.2) is 33.4 Å². The highest BCUT2D eigenvalue weighted by Gasteiger charge is 2.32. The van der Waals surface area contributed by atoms with E-state index in [4.69, 9.17) is 4.98 Å². The number of pyridine rings is 1. The molecule has 2 aliphatic carbocycles. The first-order chi connectivity index (χ1) is 19.5. The summed E-state index contributed by atoms with van der Waals surface area (Å²) in [6.07, 6.45) is 7.14. The zero-order valence-electron chi connectivity index (χ0n) is 22.5. The molecular weight excluding hydrogens is 498 g/mol. The number of hydrogen-bond donors (Lipinski definition) is 2. The van der Waals surface area contributed by atoms with Gasteiger partial charge in [0.15, 0.2) is 5.78 Å². The third-order valence-corrected chi connectivity index (χ3v) is 8.68. The zero-order valence-corrected chi connectivity index (χ0v) is 22.5. The van der Waals surface area contributed by atoms with E-state index in [9.17, 15) is 9.59 Å². The number of allylic oxidation sites excluding steroid dienone is 1. The number of nitrogens with one attached hydrogen (secondary N) is 2. The van der Waals surface area contributed by atoms with Crippen molar-refractivity contribution in [2.75, 3.05) is 18.4 Å². The van der Waals surface area contributed by atoms with Crippen molar-refractivity contribution < 1.29 is 4.79 Å². The lowest BCUT2D eigenvalue weighted by Crippen LogP contribution is -2.33. The molecule has 202 valence electrons. The number of anilines is 2. The van der Waals surface area contributed by atoms with Crippen LogP contribution in [0.3, 0.4) is 0 Å². The summed E-state index contributed by atoms with van der Waals surface area (Å²) in [5, 5.41) is 7.58. The molecule has 2 fully saturated rings. The number of aromatic nitrogens is 3. The van der Waals surface area contributed by atoms with Gasteiger partial charge < -0.3 is 10.6 Å². The highest BCUT2D eigenvalue weighted by molar-refractivity contribution is 5.99. The number of Topliss-reactive ketones (excluding diaryl/α,β-unsaturated/α-hetero) is 1. The van der Waals surface area contributed by atoms with Gasteiger partial charge in [-0.25, -0.2) is 4.98 Å². The maximum atomic E-state index is 14.0. The minimum Gasteiger partial charge on any atom is -0.324 e. The first-order valence-corrected chi connectivity index (χ1v) is 14.4. The number of carbonyl (C=O) groups is 1. The number of carbonyl (C=O) groups excluding carboxylic acids is 1. The van der Waals surface area contributed by atoms with E-state index in [2.05, 4.69) is 46.5 Å². The normalized spacial score (nSPS) is 20.8. The second kappa shape index (κ2) is 10.1. The van der Waals surface area contributed by atoms with E-state index in [1.165, 1.54) is 18.4 Å². The summed E-state index contributed by atoms with van der Waals surface area (Å²) in [5.74, 6) is 1.36. The van der Waals surface area contributed by atoms with Gasteiger partial charge in [-0.05, 0) is 85.4 Å². The molecule has 0 amide bonds. The summed E-state index contributed by atoms with van der Waals surface area (Å²) in [4.78, 5) is 36.6. The van der Waals surface area contributed by atoms with E-state index in [-0.39, 0.29) is 23.8 Å². The van der Waals surface area contributed by atoms with E-state index in [0.717, 1.165) is 53.7 Å². The quantitative estimate of drug-likeness (QED) is 0.327. The summed E-state index contributed by atoms with van der Waals surface area (Å²) in [6.45, 7) is 6.38. The minimum atomic E-state index is -0.324. The lowest BCUT2D eigenvalue weighted by atomic mass is 9.87. The second-order valence-corrected chi connectivity index (χ2v) is 11.4. The highest BCUT2D eigenvalue weighted by Crippen LogP contribution is 2.41. The number of ketones is 1. The Kier molecular flexibility index (Phi) is 6.31. The lowest BCUT2D eigenvalue weighted by molar-refractivity contribution is 0.0951. The van der Waals surface area contributed by atoms with Crippen LogP contribution in [0.2, 0.25) is 0 Å². The van der Waals surface area contributed by atoms with Crippen molar-refractivity contribution in [3.8, 4) is 0 Å². The average Bonchev–Trinajstić information content (AvgIpc) is 3.83. The van der Waals surface area contributed by atoms with E-state index in [0.29, 0.717) is 35.4 Å². The fraction of sp³-hybridized carbons (Fsp3) is 0.333. The van der Waals surface area contributed by atoms with Gasteiger partial charge in [-0.2, -0.15) is 4.98 Å². The molecule has 1 aliphatic heterocycles. The first-order valence-electron chi connectivity index (χ1n) is 14.4. The summed E-state index contributed by atoms with van der Waals surface area (Å²) >= 11 is 0.